The third-order valence-corrected chi connectivity index (χ3v) is 6.53. The summed E-state index contributed by atoms with van der Waals surface area (Å²) in [6.45, 7) is 6.62. The summed E-state index contributed by atoms with van der Waals surface area (Å²) < 4.78 is 11.6. The van der Waals surface area contributed by atoms with Crippen molar-refractivity contribution in [2.75, 3.05) is 13.7 Å². The van der Waals surface area contributed by atoms with Crippen LogP contribution in [-0.4, -0.2) is 35.4 Å². The molecular weight excluding hydrogens is 454 g/mol. The molecule has 6 heteroatoms. The molecule has 1 aliphatic rings. The van der Waals surface area contributed by atoms with Gasteiger partial charge in [0.25, 0.3) is 11.7 Å². The molecule has 6 nitrogen and oxygen atoms in total. The number of hydrogen-bond donors (Lipinski definition) is 1. The standard InChI is InChI=1S/C30H31NO5/c1-5-15-31-27(26(29(33)30(31)34)28(32)23-12-11-19(2)20(3)16-23)22-13-14-24(25(17-22)35-4)36-18-21-9-7-6-8-10-21/h6-14,16-17,27,32H,5,15,18H2,1-4H3/b28-26-. The van der Waals surface area contributed by atoms with E-state index in [0.717, 1.165) is 16.7 Å². The maximum Gasteiger partial charge on any atom is 0.295 e. The Morgan fingerprint density at radius 2 is 1.69 bits per heavy atom. The average Bonchev–Trinajstić information content (AvgIpc) is 3.14. The van der Waals surface area contributed by atoms with Gasteiger partial charge in [-0.1, -0.05) is 55.5 Å². The van der Waals surface area contributed by atoms with E-state index in [-0.39, 0.29) is 11.3 Å². The number of ether oxygens (including phenoxy) is 2. The average molecular weight is 486 g/mol. The summed E-state index contributed by atoms with van der Waals surface area (Å²) in [7, 11) is 1.55. The maximum atomic E-state index is 13.2. The van der Waals surface area contributed by atoms with Gasteiger partial charge in [-0.15, -0.1) is 0 Å². The number of aliphatic hydroxyl groups is 1. The van der Waals surface area contributed by atoms with Gasteiger partial charge in [0.05, 0.1) is 18.7 Å². The van der Waals surface area contributed by atoms with Crippen LogP contribution in [-0.2, 0) is 16.2 Å². The summed E-state index contributed by atoms with van der Waals surface area (Å²) >= 11 is 0. The fourth-order valence-corrected chi connectivity index (χ4v) is 4.45. The highest BCUT2D eigenvalue weighted by Gasteiger charge is 2.45. The van der Waals surface area contributed by atoms with Gasteiger partial charge in [-0.3, -0.25) is 9.59 Å². The highest BCUT2D eigenvalue weighted by molar-refractivity contribution is 6.46. The SMILES string of the molecule is CCCN1C(=O)C(=O)/C(=C(\O)c2ccc(C)c(C)c2)C1c1ccc(OCc2ccccc2)c(OC)c1. The van der Waals surface area contributed by atoms with Crippen LogP contribution < -0.4 is 9.47 Å². The Balaban J connectivity index is 1.76. The summed E-state index contributed by atoms with van der Waals surface area (Å²) in [5, 5.41) is 11.3. The molecule has 3 aromatic carbocycles. The summed E-state index contributed by atoms with van der Waals surface area (Å²) in [4.78, 5) is 27.7. The van der Waals surface area contributed by atoms with Gasteiger partial charge in [0, 0.05) is 12.1 Å². The topological polar surface area (TPSA) is 76.1 Å². The van der Waals surface area contributed by atoms with Crippen molar-refractivity contribution in [3.8, 4) is 11.5 Å². The summed E-state index contributed by atoms with van der Waals surface area (Å²) in [6.07, 6.45) is 0.669. The fraction of sp³-hybridized carbons (Fsp3) is 0.267. The van der Waals surface area contributed by atoms with Crippen LogP contribution in [0.15, 0.2) is 72.3 Å². The second-order valence-corrected chi connectivity index (χ2v) is 8.98. The maximum absolute atomic E-state index is 13.2. The molecule has 1 saturated heterocycles. The molecule has 3 aromatic rings. The van der Waals surface area contributed by atoms with Gasteiger partial charge in [0.1, 0.15) is 12.4 Å². The van der Waals surface area contributed by atoms with Gasteiger partial charge >= 0.3 is 0 Å². The number of hydrogen-bond acceptors (Lipinski definition) is 5. The number of likely N-dealkylation sites (tertiary alicyclic amines) is 1. The molecule has 0 aromatic heterocycles. The molecule has 1 atom stereocenters. The van der Waals surface area contributed by atoms with E-state index in [4.69, 9.17) is 9.47 Å². The van der Waals surface area contributed by atoms with Crippen LogP contribution >= 0.6 is 0 Å². The highest BCUT2D eigenvalue weighted by Crippen LogP contribution is 2.42. The number of ketones is 1. The molecule has 0 radical (unpaired) electrons. The Kier molecular flexibility index (Phi) is 7.44. The van der Waals surface area contributed by atoms with Crippen molar-refractivity contribution < 1.29 is 24.2 Å². The minimum Gasteiger partial charge on any atom is -0.507 e. The first-order valence-corrected chi connectivity index (χ1v) is 12.1. The largest absolute Gasteiger partial charge is 0.507 e. The van der Waals surface area contributed by atoms with E-state index in [1.54, 1.807) is 25.3 Å². The van der Waals surface area contributed by atoms with Crippen molar-refractivity contribution in [1.29, 1.82) is 0 Å². The van der Waals surface area contributed by atoms with Gasteiger partial charge in [0.15, 0.2) is 11.5 Å². The molecule has 1 heterocycles. The molecule has 4 rings (SSSR count). The number of Topliss-reactive ketones (excluding diaryl/α,β-unsaturated/α-hetero) is 1. The highest BCUT2D eigenvalue weighted by atomic mass is 16.5. The number of amides is 1. The molecule has 0 aliphatic carbocycles. The van der Waals surface area contributed by atoms with Gasteiger partial charge in [-0.2, -0.15) is 0 Å². The van der Waals surface area contributed by atoms with E-state index in [0.29, 0.717) is 42.2 Å². The van der Waals surface area contributed by atoms with Crippen LogP contribution in [0.4, 0.5) is 0 Å². The minimum absolute atomic E-state index is 0.0803. The second kappa shape index (κ2) is 10.7. The summed E-state index contributed by atoms with van der Waals surface area (Å²) in [6, 6.07) is 19.9. The van der Waals surface area contributed by atoms with Crippen LogP contribution in [0.2, 0.25) is 0 Å². The van der Waals surface area contributed by atoms with Crippen molar-refractivity contribution in [1.82, 2.24) is 4.90 Å². The molecule has 36 heavy (non-hydrogen) atoms. The van der Waals surface area contributed by atoms with Gasteiger partial charge in [0.2, 0.25) is 0 Å². The van der Waals surface area contributed by atoms with Crippen LogP contribution in [0.25, 0.3) is 5.76 Å². The number of rotatable bonds is 8. The second-order valence-electron chi connectivity index (χ2n) is 8.98. The number of aryl methyl sites for hydroxylation is 2. The lowest BCUT2D eigenvalue weighted by Crippen LogP contribution is -2.30. The van der Waals surface area contributed by atoms with E-state index in [1.165, 1.54) is 4.90 Å². The Hall–Kier alpha value is -4.06. The minimum atomic E-state index is -0.733. The summed E-state index contributed by atoms with van der Waals surface area (Å²) in [5.74, 6) is -0.449. The van der Waals surface area contributed by atoms with Crippen molar-refractivity contribution in [2.24, 2.45) is 0 Å². The first-order chi connectivity index (χ1) is 17.3. The lowest BCUT2D eigenvalue weighted by atomic mass is 9.94. The summed E-state index contributed by atoms with van der Waals surface area (Å²) in [5.41, 5.74) is 4.33. The fourth-order valence-electron chi connectivity index (χ4n) is 4.45. The number of aliphatic hydroxyl groups excluding tert-OH is 1. The first kappa shape index (κ1) is 25.0. The number of methoxy groups -OCH3 is 1. The molecule has 186 valence electrons. The van der Waals surface area contributed by atoms with Crippen LogP contribution in [0.3, 0.4) is 0 Å². The Labute approximate surface area is 211 Å². The molecular formula is C30H31NO5. The van der Waals surface area contributed by atoms with E-state index in [9.17, 15) is 14.7 Å². The van der Waals surface area contributed by atoms with Gasteiger partial charge in [-0.25, -0.2) is 0 Å². The van der Waals surface area contributed by atoms with Gasteiger partial charge < -0.3 is 19.5 Å². The smallest absolute Gasteiger partial charge is 0.295 e. The van der Waals surface area contributed by atoms with Crippen molar-refractivity contribution in [2.45, 2.75) is 39.8 Å². The third kappa shape index (κ3) is 4.85. The number of carbonyl (C=O) groups excluding carboxylic acids is 2. The normalized spacial score (nSPS) is 16.9. The molecule has 1 aliphatic heterocycles. The van der Waals surface area contributed by atoms with E-state index < -0.39 is 17.7 Å². The zero-order chi connectivity index (χ0) is 25.8. The predicted molar refractivity (Wildman–Crippen MR) is 139 cm³/mol. The van der Waals surface area contributed by atoms with E-state index in [1.807, 2.05) is 69.3 Å². The monoisotopic (exact) mass is 485 g/mol. The zero-order valence-electron chi connectivity index (χ0n) is 21.1. The molecule has 0 spiro atoms. The molecule has 0 saturated carbocycles. The third-order valence-electron chi connectivity index (χ3n) is 6.53. The quantitative estimate of drug-likeness (QED) is 0.251. The lowest BCUT2D eigenvalue weighted by molar-refractivity contribution is -0.139. The Morgan fingerprint density at radius 1 is 0.944 bits per heavy atom. The molecule has 0 bridgehead atoms. The van der Waals surface area contributed by atoms with Crippen LogP contribution in [0, 0.1) is 13.8 Å². The van der Waals surface area contributed by atoms with E-state index >= 15 is 0 Å². The molecule has 1 N–H and O–H groups in total. The molecule has 1 fully saturated rings. The van der Waals surface area contributed by atoms with Crippen molar-refractivity contribution in [3.63, 3.8) is 0 Å². The number of nitrogens with zero attached hydrogens (tertiary/aromatic N) is 1. The Bertz CT molecular complexity index is 1310. The lowest BCUT2D eigenvalue weighted by Gasteiger charge is -2.25. The van der Waals surface area contributed by atoms with Crippen LogP contribution in [0.1, 0.15) is 47.2 Å². The van der Waals surface area contributed by atoms with Crippen LogP contribution in [0.5, 0.6) is 11.5 Å². The number of carbonyl (C=O) groups is 2. The molecule has 1 unspecified atom stereocenters. The van der Waals surface area contributed by atoms with Crippen molar-refractivity contribution in [3.05, 3.63) is 100 Å². The molecule has 1 amide bonds. The van der Waals surface area contributed by atoms with Crippen molar-refractivity contribution >= 4 is 17.4 Å². The Morgan fingerprint density at radius 3 is 2.36 bits per heavy atom. The van der Waals surface area contributed by atoms with Gasteiger partial charge in [-0.05, 0) is 60.7 Å². The van der Waals surface area contributed by atoms with E-state index in [2.05, 4.69) is 0 Å². The predicted octanol–water partition coefficient (Wildman–Crippen LogP) is 5.72. The first-order valence-electron chi connectivity index (χ1n) is 12.1. The number of benzene rings is 3. The zero-order valence-corrected chi connectivity index (χ0v) is 21.1.